The van der Waals surface area contributed by atoms with Crippen molar-refractivity contribution < 1.29 is 4.79 Å². The number of carbonyl (C=O) groups excluding carboxylic acids is 1. The number of ketones is 1. The van der Waals surface area contributed by atoms with Crippen molar-refractivity contribution in [2.45, 2.75) is 45.4 Å². The van der Waals surface area contributed by atoms with Gasteiger partial charge in [-0.25, -0.2) is 0 Å². The number of fused-ring (bicyclic) bond motifs is 2. The smallest absolute Gasteiger partial charge is 0.173 e. The molecule has 0 saturated heterocycles. The van der Waals surface area contributed by atoms with Crippen LogP contribution in [0, 0.1) is 17.8 Å². The third-order valence-corrected chi connectivity index (χ3v) is 5.89. The van der Waals surface area contributed by atoms with Crippen molar-refractivity contribution in [2.75, 3.05) is 0 Å². The molecule has 2 heteroatoms. The van der Waals surface area contributed by atoms with E-state index in [9.17, 15) is 4.79 Å². The fourth-order valence-corrected chi connectivity index (χ4v) is 4.58. The van der Waals surface area contributed by atoms with Gasteiger partial charge in [-0.2, -0.15) is 0 Å². The third-order valence-electron chi connectivity index (χ3n) is 4.62. The molecular formula is C15H20OS. The molecule has 3 rings (SSSR count). The number of aryl methyl sites for hydroxylation is 1. The molecule has 0 aromatic carbocycles. The fourth-order valence-electron chi connectivity index (χ4n) is 3.68. The van der Waals surface area contributed by atoms with Crippen LogP contribution in [0.25, 0.3) is 0 Å². The molecule has 0 spiro atoms. The summed E-state index contributed by atoms with van der Waals surface area (Å²) in [4.78, 5) is 14.5. The first-order valence-corrected chi connectivity index (χ1v) is 7.69. The summed E-state index contributed by atoms with van der Waals surface area (Å²) in [6, 6.07) is 4.14. The molecule has 0 N–H and O–H groups in total. The molecule has 17 heavy (non-hydrogen) atoms. The van der Waals surface area contributed by atoms with Crippen LogP contribution in [0.1, 0.15) is 53.6 Å². The molecular weight excluding hydrogens is 228 g/mol. The normalized spacial score (nSPS) is 31.0. The number of thiophene rings is 1. The van der Waals surface area contributed by atoms with Crippen LogP contribution in [0.2, 0.25) is 0 Å². The van der Waals surface area contributed by atoms with Crippen molar-refractivity contribution in [3.63, 3.8) is 0 Å². The van der Waals surface area contributed by atoms with Gasteiger partial charge in [0.25, 0.3) is 0 Å². The zero-order chi connectivity index (χ0) is 11.8. The van der Waals surface area contributed by atoms with E-state index in [4.69, 9.17) is 0 Å². The lowest BCUT2D eigenvalue weighted by Crippen LogP contribution is -2.14. The van der Waals surface area contributed by atoms with Crippen molar-refractivity contribution in [3.05, 3.63) is 21.9 Å². The first-order valence-electron chi connectivity index (χ1n) is 6.88. The van der Waals surface area contributed by atoms with Crippen LogP contribution in [0.4, 0.5) is 0 Å². The zero-order valence-corrected chi connectivity index (χ0v) is 11.3. The van der Waals surface area contributed by atoms with E-state index in [0.29, 0.717) is 11.7 Å². The Labute approximate surface area is 107 Å². The Balaban J connectivity index is 1.63. The van der Waals surface area contributed by atoms with Crippen LogP contribution in [-0.4, -0.2) is 5.78 Å². The molecule has 3 unspecified atom stereocenters. The Hall–Kier alpha value is -0.630. The number of hydrogen-bond donors (Lipinski definition) is 0. The number of Topliss-reactive ketones (excluding diaryl/α,β-unsaturated/α-hetero) is 1. The van der Waals surface area contributed by atoms with Gasteiger partial charge in [0.2, 0.25) is 0 Å². The molecule has 92 valence electrons. The predicted molar refractivity (Wildman–Crippen MR) is 71.6 cm³/mol. The Bertz CT molecular complexity index is 420. The van der Waals surface area contributed by atoms with E-state index in [-0.39, 0.29) is 0 Å². The molecule has 0 aliphatic heterocycles. The lowest BCUT2D eigenvalue weighted by atomic mass is 9.85. The summed E-state index contributed by atoms with van der Waals surface area (Å²) in [5.41, 5.74) is 0. The molecule has 2 fully saturated rings. The van der Waals surface area contributed by atoms with Gasteiger partial charge < -0.3 is 0 Å². The van der Waals surface area contributed by atoms with Gasteiger partial charge in [0.1, 0.15) is 0 Å². The first-order chi connectivity index (χ1) is 8.26. The van der Waals surface area contributed by atoms with Gasteiger partial charge in [0.05, 0.1) is 4.88 Å². The minimum atomic E-state index is 0.396. The highest BCUT2D eigenvalue weighted by atomic mass is 32.1. The van der Waals surface area contributed by atoms with Gasteiger partial charge in [-0.05, 0) is 55.6 Å². The number of carbonyl (C=O) groups is 1. The summed E-state index contributed by atoms with van der Waals surface area (Å²) in [6.07, 6.45) is 7.39. The minimum absolute atomic E-state index is 0.396. The summed E-state index contributed by atoms with van der Waals surface area (Å²) in [5, 5.41) is 0. The van der Waals surface area contributed by atoms with Crippen LogP contribution in [0.5, 0.6) is 0 Å². The van der Waals surface area contributed by atoms with Gasteiger partial charge >= 0.3 is 0 Å². The zero-order valence-electron chi connectivity index (χ0n) is 10.4. The molecule has 3 atom stereocenters. The lowest BCUT2D eigenvalue weighted by molar-refractivity contribution is 0.0948. The van der Waals surface area contributed by atoms with Crippen LogP contribution >= 0.6 is 11.3 Å². The van der Waals surface area contributed by atoms with E-state index in [2.05, 4.69) is 13.0 Å². The number of hydrogen-bond acceptors (Lipinski definition) is 2. The van der Waals surface area contributed by atoms with Crippen molar-refractivity contribution in [2.24, 2.45) is 17.8 Å². The van der Waals surface area contributed by atoms with E-state index in [1.54, 1.807) is 11.3 Å². The first kappa shape index (κ1) is 11.5. The highest BCUT2D eigenvalue weighted by molar-refractivity contribution is 7.14. The standard InChI is InChI=1S/C15H20OS/c1-2-13-5-6-15(17-13)14(16)9-12-8-10-3-4-11(12)7-10/h5-6,10-12H,2-4,7-9H2,1H3. The molecule has 2 bridgehead atoms. The maximum Gasteiger partial charge on any atom is 0.173 e. The maximum absolute atomic E-state index is 12.2. The second-order valence-corrected chi connectivity index (χ2v) is 6.85. The Morgan fingerprint density at radius 3 is 2.82 bits per heavy atom. The van der Waals surface area contributed by atoms with Gasteiger partial charge in [0.15, 0.2) is 5.78 Å². The molecule has 1 nitrogen and oxygen atoms in total. The van der Waals surface area contributed by atoms with Crippen molar-refractivity contribution in [3.8, 4) is 0 Å². The maximum atomic E-state index is 12.2. The summed E-state index contributed by atoms with van der Waals surface area (Å²) >= 11 is 1.69. The molecule has 2 aliphatic carbocycles. The predicted octanol–water partition coefficient (Wildman–Crippen LogP) is 4.32. The fraction of sp³-hybridized carbons (Fsp3) is 0.667. The van der Waals surface area contributed by atoms with E-state index >= 15 is 0 Å². The van der Waals surface area contributed by atoms with Crippen LogP contribution < -0.4 is 0 Å². The third kappa shape index (κ3) is 2.20. The molecule has 2 saturated carbocycles. The summed E-state index contributed by atoms with van der Waals surface area (Å²) in [5.74, 6) is 2.92. The van der Waals surface area contributed by atoms with E-state index in [1.165, 1.54) is 30.6 Å². The largest absolute Gasteiger partial charge is 0.293 e. The topological polar surface area (TPSA) is 17.1 Å². The van der Waals surface area contributed by atoms with Crippen molar-refractivity contribution in [1.29, 1.82) is 0 Å². The second-order valence-electron chi connectivity index (χ2n) is 5.68. The molecule has 2 aliphatic rings. The molecule has 0 radical (unpaired) electrons. The molecule has 0 amide bonds. The number of rotatable bonds is 4. The quantitative estimate of drug-likeness (QED) is 0.725. The SMILES string of the molecule is CCc1ccc(C(=O)CC2CC3CCC2C3)s1. The Morgan fingerprint density at radius 2 is 2.24 bits per heavy atom. The Morgan fingerprint density at radius 1 is 1.35 bits per heavy atom. The van der Waals surface area contributed by atoms with Gasteiger partial charge in [-0.15, -0.1) is 11.3 Å². The van der Waals surface area contributed by atoms with Gasteiger partial charge in [0, 0.05) is 11.3 Å². The summed E-state index contributed by atoms with van der Waals surface area (Å²) in [7, 11) is 0. The second kappa shape index (κ2) is 4.56. The molecule has 1 heterocycles. The Kier molecular flexibility index (Phi) is 3.08. The molecule has 1 aromatic rings. The average Bonchev–Trinajstić information content (AvgIpc) is 3.04. The average molecular weight is 248 g/mol. The van der Waals surface area contributed by atoms with E-state index in [0.717, 1.165) is 29.6 Å². The summed E-state index contributed by atoms with van der Waals surface area (Å²) in [6.45, 7) is 2.15. The molecule has 1 aromatic heterocycles. The monoisotopic (exact) mass is 248 g/mol. The summed E-state index contributed by atoms with van der Waals surface area (Å²) < 4.78 is 0. The van der Waals surface area contributed by atoms with Crippen molar-refractivity contribution in [1.82, 2.24) is 0 Å². The van der Waals surface area contributed by atoms with Crippen LogP contribution in [0.3, 0.4) is 0 Å². The van der Waals surface area contributed by atoms with Crippen LogP contribution in [0.15, 0.2) is 12.1 Å². The highest BCUT2D eigenvalue weighted by Crippen LogP contribution is 2.49. The van der Waals surface area contributed by atoms with Gasteiger partial charge in [-0.1, -0.05) is 13.3 Å². The van der Waals surface area contributed by atoms with Crippen LogP contribution in [-0.2, 0) is 6.42 Å². The lowest BCUT2D eigenvalue weighted by Gasteiger charge is -2.20. The van der Waals surface area contributed by atoms with Gasteiger partial charge in [-0.3, -0.25) is 4.79 Å². The van der Waals surface area contributed by atoms with E-state index < -0.39 is 0 Å². The minimum Gasteiger partial charge on any atom is -0.293 e. The van der Waals surface area contributed by atoms with E-state index in [1.807, 2.05) is 6.07 Å². The highest BCUT2D eigenvalue weighted by Gasteiger charge is 2.40. The van der Waals surface area contributed by atoms with Crippen molar-refractivity contribution >= 4 is 17.1 Å².